The van der Waals surface area contributed by atoms with Gasteiger partial charge in [0.15, 0.2) is 6.29 Å². The van der Waals surface area contributed by atoms with Gasteiger partial charge in [-0.2, -0.15) is 0 Å². The van der Waals surface area contributed by atoms with E-state index in [0.717, 1.165) is 49.9 Å². The molecule has 3 aromatic carbocycles. The van der Waals surface area contributed by atoms with Crippen LogP contribution in [0.3, 0.4) is 0 Å². The summed E-state index contributed by atoms with van der Waals surface area (Å²) in [6.45, 7) is 7.05. The van der Waals surface area contributed by atoms with Gasteiger partial charge < -0.3 is 19.1 Å². The van der Waals surface area contributed by atoms with E-state index in [0.29, 0.717) is 19.3 Å². The van der Waals surface area contributed by atoms with Crippen molar-refractivity contribution in [2.45, 2.75) is 51.1 Å². The summed E-state index contributed by atoms with van der Waals surface area (Å²) < 4.78 is 17.4. The average molecular weight is 521 g/mol. The summed E-state index contributed by atoms with van der Waals surface area (Å²) in [6.07, 6.45) is 3.19. The lowest BCUT2D eigenvalue weighted by Gasteiger charge is -2.47. The molecule has 0 bridgehead atoms. The van der Waals surface area contributed by atoms with Crippen LogP contribution < -0.4 is 9.64 Å². The van der Waals surface area contributed by atoms with E-state index in [1.807, 2.05) is 12.1 Å². The molecular weight excluding hydrogens is 484 g/mol. The molecule has 196 valence electrons. The first-order valence-corrected chi connectivity index (χ1v) is 13.8. The number of benzene rings is 3. The molecule has 0 spiro atoms. The van der Waals surface area contributed by atoms with Gasteiger partial charge in [-0.15, -0.1) is 0 Å². The van der Waals surface area contributed by atoms with Crippen LogP contribution in [-0.2, 0) is 16.0 Å². The third-order valence-electron chi connectivity index (χ3n) is 7.20. The van der Waals surface area contributed by atoms with Crippen LogP contribution in [0.1, 0.15) is 43.4 Å². The standard InChI is InChI=1S/C31H37ClN2O3/c1-24-21-33(22-25-7-3-2-4-8-25)23-30(26-10-12-27(32)13-11-26)34(24)28-14-16-29(17-15-28)35-19-20-37-31-9-5-6-18-36-31/h2-4,7-8,10-17,24,30-31H,5-6,9,18-23H2,1H3/t24-,30?,31?/m1/s1. The van der Waals surface area contributed by atoms with Crippen LogP contribution in [0.4, 0.5) is 5.69 Å². The summed E-state index contributed by atoms with van der Waals surface area (Å²) in [4.78, 5) is 5.10. The Labute approximate surface area is 225 Å². The van der Waals surface area contributed by atoms with E-state index in [-0.39, 0.29) is 12.3 Å². The summed E-state index contributed by atoms with van der Waals surface area (Å²) >= 11 is 6.23. The Kier molecular flexibility index (Phi) is 9.01. The van der Waals surface area contributed by atoms with Crippen molar-refractivity contribution in [1.82, 2.24) is 4.90 Å². The number of piperazine rings is 1. The first kappa shape index (κ1) is 26.1. The molecule has 3 aromatic rings. The van der Waals surface area contributed by atoms with Gasteiger partial charge in [0.25, 0.3) is 0 Å². The SMILES string of the molecule is C[C@@H]1CN(Cc2ccccc2)CC(c2ccc(Cl)cc2)N1c1ccc(OCCOC2CCCCO2)cc1. The zero-order valence-corrected chi connectivity index (χ0v) is 22.4. The molecule has 37 heavy (non-hydrogen) atoms. The van der Waals surface area contributed by atoms with Crippen LogP contribution in [0, 0.1) is 0 Å². The number of ether oxygens (including phenoxy) is 3. The highest BCUT2D eigenvalue weighted by atomic mass is 35.5. The van der Waals surface area contributed by atoms with Crippen LogP contribution in [0.25, 0.3) is 0 Å². The third kappa shape index (κ3) is 7.05. The quantitative estimate of drug-likeness (QED) is 0.293. The summed E-state index contributed by atoms with van der Waals surface area (Å²) in [5.41, 5.74) is 3.82. The van der Waals surface area contributed by atoms with Crippen LogP contribution in [-0.4, -0.2) is 50.1 Å². The zero-order chi connectivity index (χ0) is 25.5. The van der Waals surface area contributed by atoms with E-state index in [1.54, 1.807) is 0 Å². The number of hydrogen-bond acceptors (Lipinski definition) is 5. The third-order valence-corrected chi connectivity index (χ3v) is 7.45. The van der Waals surface area contributed by atoms with Gasteiger partial charge in [0.05, 0.1) is 12.6 Å². The summed E-state index contributed by atoms with van der Waals surface area (Å²) in [5.74, 6) is 0.857. The Morgan fingerprint density at radius 1 is 0.892 bits per heavy atom. The topological polar surface area (TPSA) is 34.2 Å². The second-order valence-corrected chi connectivity index (χ2v) is 10.4. The molecular formula is C31H37ClN2O3. The highest BCUT2D eigenvalue weighted by Gasteiger charge is 2.33. The van der Waals surface area contributed by atoms with E-state index in [4.69, 9.17) is 25.8 Å². The van der Waals surface area contributed by atoms with E-state index in [1.165, 1.54) is 23.2 Å². The smallest absolute Gasteiger partial charge is 0.157 e. The maximum atomic E-state index is 6.23. The summed E-state index contributed by atoms with van der Waals surface area (Å²) in [5, 5.41) is 0.765. The minimum Gasteiger partial charge on any atom is -0.491 e. The molecule has 2 fully saturated rings. The first-order chi connectivity index (χ1) is 18.2. The van der Waals surface area contributed by atoms with Gasteiger partial charge in [-0.25, -0.2) is 0 Å². The molecule has 2 heterocycles. The maximum Gasteiger partial charge on any atom is 0.157 e. The fourth-order valence-corrected chi connectivity index (χ4v) is 5.55. The number of nitrogens with zero attached hydrogens (tertiary/aromatic N) is 2. The molecule has 6 heteroatoms. The highest BCUT2D eigenvalue weighted by Crippen LogP contribution is 2.35. The summed E-state index contributed by atoms with van der Waals surface area (Å²) in [7, 11) is 0. The van der Waals surface area contributed by atoms with Crippen molar-refractivity contribution < 1.29 is 14.2 Å². The normalized spacial score (nSPS) is 22.6. The zero-order valence-electron chi connectivity index (χ0n) is 21.6. The Hall–Kier alpha value is -2.57. The van der Waals surface area contributed by atoms with Gasteiger partial charge in [0, 0.05) is 43.0 Å². The van der Waals surface area contributed by atoms with Crippen molar-refractivity contribution in [2.24, 2.45) is 0 Å². The molecule has 0 aromatic heterocycles. The lowest BCUT2D eigenvalue weighted by atomic mass is 9.97. The minimum absolute atomic E-state index is 0.0772. The van der Waals surface area contributed by atoms with E-state index in [2.05, 4.69) is 83.5 Å². The molecule has 2 saturated heterocycles. The lowest BCUT2D eigenvalue weighted by molar-refractivity contribution is -0.165. The van der Waals surface area contributed by atoms with Crippen molar-refractivity contribution in [2.75, 3.05) is 37.8 Å². The van der Waals surface area contributed by atoms with Crippen molar-refractivity contribution >= 4 is 17.3 Å². The van der Waals surface area contributed by atoms with Gasteiger partial charge in [0.1, 0.15) is 12.4 Å². The molecule has 0 N–H and O–H groups in total. The van der Waals surface area contributed by atoms with E-state index >= 15 is 0 Å². The average Bonchev–Trinajstić information content (AvgIpc) is 2.93. The lowest BCUT2D eigenvalue weighted by Crippen LogP contribution is -2.53. The van der Waals surface area contributed by atoms with Crippen LogP contribution in [0.15, 0.2) is 78.9 Å². The van der Waals surface area contributed by atoms with Crippen molar-refractivity contribution in [3.63, 3.8) is 0 Å². The number of anilines is 1. The summed E-state index contributed by atoms with van der Waals surface area (Å²) in [6, 6.07) is 28.1. The van der Waals surface area contributed by atoms with Crippen molar-refractivity contribution in [3.05, 3.63) is 95.0 Å². The minimum atomic E-state index is -0.0772. The Balaban J connectivity index is 1.25. The van der Waals surface area contributed by atoms with Crippen molar-refractivity contribution in [3.8, 4) is 5.75 Å². The second-order valence-electron chi connectivity index (χ2n) is 10.0. The van der Waals surface area contributed by atoms with E-state index < -0.39 is 0 Å². The molecule has 2 unspecified atom stereocenters. The van der Waals surface area contributed by atoms with E-state index in [9.17, 15) is 0 Å². The number of halogens is 1. The van der Waals surface area contributed by atoms with Crippen molar-refractivity contribution in [1.29, 1.82) is 0 Å². The van der Waals surface area contributed by atoms with Gasteiger partial charge in [-0.1, -0.05) is 54.1 Å². The Morgan fingerprint density at radius 3 is 2.41 bits per heavy atom. The second kappa shape index (κ2) is 12.8. The molecule has 0 radical (unpaired) electrons. The molecule has 5 rings (SSSR count). The molecule has 5 nitrogen and oxygen atoms in total. The highest BCUT2D eigenvalue weighted by molar-refractivity contribution is 6.30. The molecule has 2 aliphatic heterocycles. The van der Waals surface area contributed by atoms with Gasteiger partial charge >= 0.3 is 0 Å². The fraction of sp³-hybridized carbons (Fsp3) is 0.419. The molecule has 3 atom stereocenters. The van der Waals surface area contributed by atoms with Crippen LogP contribution >= 0.6 is 11.6 Å². The Morgan fingerprint density at radius 2 is 1.68 bits per heavy atom. The molecule has 2 aliphatic rings. The molecule has 0 aliphatic carbocycles. The predicted molar refractivity (Wildman–Crippen MR) is 149 cm³/mol. The predicted octanol–water partition coefficient (Wildman–Crippen LogP) is 6.71. The van der Waals surface area contributed by atoms with Crippen LogP contribution in [0.5, 0.6) is 5.75 Å². The van der Waals surface area contributed by atoms with Gasteiger partial charge in [-0.3, -0.25) is 4.90 Å². The molecule has 0 saturated carbocycles. The largest absolute Gasteiger partial charge is 0.491 e. The Bertz CT molecular complexity index is 1090. The van der Waals surface area contributed by atoms with Crippen LogP contribution in [0.2, 0.25) is 5.02 Å². The fourth-order valence-electron chi connectivity index (χ4n) is 5.43. The number of hydrogen-bond donors (Lipinski definition) is 0. The van der Waals surface area contributed by atoms with Gasteiger partial charge in [-0.05, 0) is 73.7 Å². The van der Waals surface area contributed by atoms with Gasteiger partial charge in [0.2, 0.25) is 0 Å². The first-order valence-electron chi connectivity index (χ1n) is 13.4. The number of rotatable bonds is 9. The molecule has 0 amide bonds. The monoisotopic (exact) mass is 520 g/mol. The maximum absolute atomic E-state index is 6.23.